The monoisotopic (exact) mass is 391 g/mol. The van der Waals surface area contributed by atoms with Crippen LogP contribution < -0.4 is 16.0 Å². The van der Waals surface area contributed by atoms with Gasteiger partial charge in [-0.15, -0.1) is 0 Å². The molecule has 152 valence electrons. The van der Waals surface area contributed by atoms with E-state index in [0.29, 0.717) is 6.10 Å². The van der Waals surface area contributed by atoms with Crippen LogP contribution in [0.2, 0.25) is 0 Å². The van der Waals surface area contributed by atoms with Crippen LogP contribution in [0.4, 0.5) is 0 Å². The fourth-order valence-electron chi connectivity index (χ4n) is 4.49. The minimum Gasteiger partial charge on any atom is -0.490 e. The smallest absolute Gasteiger partial charge is 0.238 e. The first-order valence-corrected chi connectivity index (χ1v) is 10.5. The van der Waals surface area contributed by atoms with Crippen molar-refractivity contribution < 1.29 is 9.53 Å². The second kappa shape index (κ2) is 8.70. The van der Waals surface area contributed by atoms with Crippen molar-refractivity contribution in [2.45, 2.75) is 58.1 Å². The van der Waals surface area contributed by atoms with E-state index in [1.165, 1.54) is 24.1 Å². The number of nitrogens with zero attached hydrogens (tertiary/aromatic N) is 1. The Hall–Kier alpha value is -2.79. The van der Waals surface area contributed by atoms with Gasteiger partial charge in [-0.1, -0.05) is 37.3 Å². The van der Waals surface area contributed by atoms with Gasteiger partial charge in [0.25, 0.3) is 0 Å². The molecule has 0 radical (unpaired) electrons. The highest BCUT2D eigenvalue weighted by atomic mass is 16.5. The van der Waals surface area contributed by atoms with Gasteiger partial charge in [0.1, 0.15) is 5.75 Å². The number of rotatable bonds is 7. The average Bonchev–Trinajstić information content (AvgIpc) is 3.35. The quantitative estimate of drug-likeness (QED) is 0.362. The molecule has 1 fully saturated rings. The number of carbonyl (C=O) groups excluding carboxylic acids is 1. The van der Waals surface area contributed by atoms with Crippen molar-refractivity contribution >= 4 is 16.8 Å². The van der Waals surface area contributed by atoms with Gasteiger partial charge >= 0.3 is 0 Å². The molecule has 0 unspecified atom stereocenters. The first kappa shape index (κ1) is 19.5. The molecule has 0 atom stereocenters. The minimum absolute atomic E-state index is 0.180. The minimum atomic E-state index is -0.180. The number of hydrogen-bond acceptors (Lipinski definition) is 3. The molecule has 1 aliphatic carbocycles. The Bertz CT molecular complexity index is 988. The molecule has 0 bridgehead atoms. The van der Waals surface area contributed by atoms with Crippen LogP contribution in [0.5, 0.6) is 5.75 Å². The Balaban J connectivity index is 1.79. The van der Waals surface area contributed by atoms with Gasteiger partial charge in [0.15, 0.2) is 0 Å². The second-order valence-corrected chi connectivity index (χ2v) is 7.80. The van der Waals surface area contributed by atoms with Crippen LogP contribution in [-0.2, 0) is 24.2 Å². The maximum absolute atomic E-state index is 12.1. The largest absolute Gasteiger partial charge is 0.490 e. The third kappa shape index (κ3) is 4.15. The standard InChI is InChI=1S/C24H29N3O2/c1-2-22-21(15-24(28)26-25)20-14-19(29-18-10-6-7-11-18)12-13-23(20)27(22)16-17-8-4-3-5-9-17/h3-5,8-9,12-14,18H,2,6-7,10-11,15-16,25H2,1H3,(H,26,28). The van der Waals surface area contributed by atoms with Crippen molar-refractivity contribution in [3.63, 3.8) is 0 Å². The van der Waals surface area contributed by atoms with Gasteiger partial charge < -0.3 is 9.30 Å². The average molecular weight is 392 g/mol. The first-order chi connectivity index (χ1) is 14.2. The molecule has 1 aliphatic rings. The molecule has 4 rings (SSSR count). The summed E-state index contributed by atoms with van der Waals surface area (Å²) in [6.07, 6.45) is 6.13. The number of amides is 1. The number of hydrogen-bond donors (Lipinski definition) is 2. The normalized spacial score (nSPS) is 14.4. The molecule has 0 spiro atoms. The molecular weight excluding hydrogens is 362 g/mol. The Morgan fingerprint density at radius 1 is 1.17 bits per heavy atom. The highest BCUT2D eigenvalue weighted by Crippen LogP contribution is 2.33. The predicted molar refractivity (Wildman–Crippen MR) is 116 cm³/mol. The summed E-state index contributed by atoms with van der Waals surface area (Å²) in [6.45, 7) is 2.91. The first-order valence-electron chi connectivity index (χ1n) is 10.5. The van der Waals surface area contributed by atoms with Gasteiger partial charge in [0.2, 0.25) is 5.91 Å². The maximum atomic E-state index is 12.1. The summed E-state index contributed by atoms with van der Waals surface area (Å²) in [5.74, 6) is 6.10. The molecule has 0 saturated heterocycles. The molecule has 1 saturated carbocycles. The van der Waals surface area contributed by atoms with Crippen LogP contribution in [0.1, 0.15) is 49.4 Å². The highest BCUT2D eigenvalue weighted by Gasteiger charge is 2.21. The summed E-state index contributed by atoms with van der Waals surface area (Å²) in [6, 6.07) is 16.7. The number of hydrazine groups is 1. The van der Waals surface area contributed by atoms with E-state index >= 15 is 0 Å². The molecule has 5 nitrogen and oxygen atoms in total. The lowest BCUT2D eigenvalue weighted by Crippen LogP contribution is -2.31. The van der Waals surface area contributed by atoms with Crippen LogP contribution in [0.25, 0.3) is 10.9 Å². The zero-order chi connectivity index (χ0) is 20.2. The fraction of sp³-hybridized carbons (Fsp3) is 0.375. The van der Waals surface area contributed by atoms with E-state index in [9.17, 15) is 4.79 Å². The van der Waals surface area contributed by atoms with Crippen LogP contribution in [-0.4, -0.2) is 16.6 Å². The van der Waals surface area contributed by atoms with E-state index in [2.05, 4.69) is 59.4 Å². The molecular formula is C24H29N3O2. The van der Waals surface area contributed by atoms with Crippen molar-refractivity contribution in [2.24, 2.45) is 5.84 Å². The van der Waals surface area contributed by atoms with Crippen molar-refractivity contribution in [1.82, 2.24) is 9.99 Å². The molecule has 1 heterocycles. The van der Waals surface area contributed by atoms with Gasteiger partial charge in [-0.2, -0.15) is 0 Å². The van der Waals surface area contributed by atoms with E-state index in [1.807, 2.05) is 6.07 Å². The molecule has 2 aromatic carbocycles. The predicted octanol–water partition coefficient (Wildman–Crippen LogP) is 4.11. The number of benzene rings is 2. The van der Waals surface area contributed by atoms with Crippen molar-refractivity contribution in [1.29, 1.82) is 0 Å². The van der Waals surface area contributed by atoms with Crippen LogP contribution in [0.3, 0.4) is 0 Å². The van der Waals surface area contributed by atoms with Gasteiger partial charge in [0.05, 0.1) is 12.5 Å². The molecule has 29 heavy (non-hydrogen) atoms. The summed E-state index contributed by atoms with van der Waals surface area (Å²) in [4.78, 5) is 12.1. The molecule has 3 aromatic rings. The number of nitrogens with one attached hydrogen (secondary N) is 1. The highest BCUT2D eigenvalue weighted by molar-refractivity contribution is 5.91. The summed E-state index contributed by atoms with van der Waals surface area (Å²) >= 11 is 0. The topological polar surface area (TPSA) is 69.3 Å². The zero-order valence-electron chi connectivity index (χ0n) is 17.0. The van der Waals surface area contributed by atoms with Gasteiger partial charge in [-0.3, -0.25) is 10.2 Å². The Kier molecular flexibility index (Phi) is 5.86. The Labute approximate surface area is 171 Å². The zero-order valence-corrected chi connectivity index (χ0v) is 17.0. The number of ether oxygens (including phenoxy) is 1. The van der Waals surface area contributed by atoms with Crippen molar-refractivity contribution in [3.8, 4) is 5.75 Å². The molecule has 0 aliphatic heterocycles. The number of carbonyl (C=O) groups is 1. The van der Waals surface area contributed by atoms with E-state index < -0.39 is 0 Å². The SMILES string of the molecule is CCc1c(CC(=O)NN)c2cc(OC3CCCC3)ccc2n1Cc1ccccc1. The van der Waals surface area contributed by atoms with Gasteiger partial charge in [0, 0.05) is 23.1 Å². The maximum Gasteiger partial charge on any atom is 0.238 e. The molecule has 3 N–H and O–H groups in total. The van der Waals surface area contributed by atoms with Crippen LogP contribution in [0, 0.1) is 0 Å². The van der Waals surface area contributed by atoms with Crippen molar-refractivity contribution in [3.05, 3.63) is 65.4 Å². The summed E-state index contributed by atoms with van der Waals surface area (Å²) < 4.78 is 8.56. The summed E-state index contributed by atoms with van der Waals surface area (Å²) in [5.41, 5.74) is 6.86. The second-order valence-electron chi connectivity index (χ2n) is 7.80. The van der Waals surface area contributed by atoms with E-state index in [-0.39, 0.29) is 12.3 Å². The van der Waals surface area contributed by atoms with Crippen molar-refractivity contribution in [2.75, 3.05) is 0 Å². The third-order valence-electron chi connectivity index (χ3n) is 5.88. The van der Waals surface area contributed by atoms with E-state index in [1.54, 1.807) is 0 Å². The molecule has 1 aromatic heterocycles. The summed E-state index contributed by atoms with van der Waals surface area (Å²) in [7, 11) is 0. The third-order valence-corrected chi connectivity index (χ3v) is 5.88. The molecule has 5 heteroatoms. The fourth-order valence-corrected chi connectivity index (χ4v) is 4.49. The van der Waals surface area contributed by atoms with E-state index in [4.69, 9.17) is 10.6 Å². The number of fused-ring (bicyclic) bond motifs is 1. The summed E-state index contributed by atoms with van der Waals surface area (Å²) in [5, 5.41) is 1.08. The van der Waals surface area contributed by atoms with Gasteiger partial charge in [-0.05, 0) is 61.4 Å². The van der Waals surface area contributed by atoms with E-state index in [0.717, 1.165) is 48.0 Å². The number of nitrogens with two attached hydrogens (primary N) is 1. The molecule has 1 amide bonds. The Morgan fingerprint density at radius 2 is 1.93 bits per heavy atom. The van der Waals surface area contributed by atoms with Crippen LogP contribution in [0.15, 0.2) is 48.5 Å². The van der Waals surface area contributed by atoms with Crippen LogP contribution >= 0.6 is 0 Å². The van der Waals surface area contributed by atoms with Gasteiger partial charge in [-0.25, -0.2) is 5.84 Å². The number of aromatic nitrogens is 1. The lowest BCUT2D eigenvalue weighted by atomic mass is 10.1. The Morgan fingerprint density at radius 3 is 2.62 bits per heavy atom. The lowest BCUT2D eigenvalue weighted by Gasteiger charge is -2.13. The lowest BCUT2D eigenvalue weighted by molar-refractivity contribution is -0.120.